The van der Waals surface area contributed by atoms with Gasteiger partial charge in [-0.2, -0.15) is 0 Å². The van der Waals surface area contributed by atoms with Gasteiger partial charge in [-0.05, 0) is 17.8 Å². The van der Waals surface area contributed by atoms with Gasteiger partial charge in [0.25, 0.3) is 0 Å². The molecule has 3 nitrogen and oxygen atoms in total. The summed E-state index contributed by atoms with van der Waals surface area (Å²) in [5.74, 6) is 1.50. The van der Waals surface area contributed by atoms with Crippen molar-refractivity contribution in [3.63, 3.8) is 0 Å². The smallest absolute Gasteiger partial charge is 0.160 e. The first-order valence-corrected chi connectivity index (χ1v) is 5.60. The average molecular weight is 212 g/mol. The van der Waals surface area contributed by atoms with Gasteiger partial charge in [0.15, 0.2) is 6.29 Å². The van der Waals surface area contributed by atoms with Gasteiger partial charge in [0, 0.05) is 32.5 Å². The molecule has 0 unspecified atom stereocenters. The zero-order valence-corrected chi connectivity index (χ0v) is 9.95. The molecule has 0 saturated heterocycles. The Morgan fingerprint density at radius 3 is 2.33 bits per heavy atom. The zero-order chi connectivity index (χ0) is 11.2. The van der Waals surface area contributed by atoms with Crippen molar-refractivity contribution in [1.82, 2.24) is 0 Å². The van der Waals surface area contributed by atoms with Crippen molar-refractivity contribution in [2.75, 3.05) is 14.2 Å². The van der Waals surface area contributed by atoms with Crippen LogP contribution in [0.5, 0.6) is 0 Å². The number of hydrogen-bond acceptors (Lipinski definition) is 3. The predicted molar refractivity (Wildman–Crippen MR) is 56.3 cm³/mol. The second-order valence-electron chi connectivity index (χ2n) is 5.39. The highest BCUT2D eigenvalue weighted by Gasteiger charge is 2.60. The van der Waals surface area contributed by atoms with Crippen molar-refractivity contribution in [3.05, 3.63) is 0 Å². The molecule has 3 heteroatoms. The molecule has 86 valence electrons. The fraction of sp³-hybridized carbons (Fsp3) is 0.917. The maximum absolute atomic E-state index is 11.9. The van der Waals surface area contributed by atoms with Crippen molar-refractivity contribution in [3.8, 4) is 0 Å². The molecule has 0 aromatic rings. The van der Waals surface area contributed by atoms with E-state index >= 15 is 0 Å². The third kappa shape index (κ3) is 1.44. The van der Waals surface area contributed by atoms with E-state index in [-0.39, 0.29) is 23.5 Å². The summed E-state index contributed by atoms with van der Waals surface area (Å²) in [6, 6.07) is 0. The Morgan fingerprint density at radius 1 is 1.33 bits per heavy atom. The van der Waals surface area contributed by atoms with Crippen LogP contribution in [0.2, 0.25) is 0 Å². The Balaban J connectivity index is 2.17. The van der Waals surface area contributed by atoms with Crippen molar-refractivity contribution in [1.29, 1.82) is 0 Å². The van der Waals surface area contributed by atoms with Crippen LogP contribution in [0.1, 0.15) is 26.7 Å². The van der Waals surface area contributed by atoms with Crippen LogP contribution in [0.15, 0.2) is 0 Å². The molecule has 3 saturated carbocycles. The Hall–Kier alpha value is -0.410. The second-order valence-corrected chi connectivity index (χ2v) is 5.39. The van der Waals surface area contributed by atoms with Gasteiger partial charge in [-0.25, -0.2) is 0 Å². The summed E-state index contributed by atoms with van der Waals surface area (Å²) in [5.41, 5.74) is 0.148. The first-order chi connectivity index (χ1) is 7.02. The number of Topliss-reactive ketones (excluding diaryl/α,β-unsaturated/α-hetero) is 1. The number of fused-ring (bicyclic) bond motifs is 2. The van der Waals surface area contributed by atoms with E-state index in [9.17, 15) is 4.79 Å². The largest absolute Gasteiger partial charge is 0.356 e. The maximum atomic E-state index is 11.9. The third-order valence-electron chi connectivity index (χ3n) is 4.50. The SMILES string of the molecule is COC(OC)[C@@H]1CC(=O)[C@@H]2C[C@H]1C2(C)C. The van der Waals surface area contributed by atoms with Gasteiger partial charge in [0.1, 0.15) is 5.78 Å². The fourth-order valence-electron chi connectivity index (χ4n) is 3.48. The number of methoxy groups -OCH3 is 2. The normalized spacial score (nSPS) is 37.9. The van der Waals surface area contributed by atoms with E-state index in [1.807, 2.05) is 0 Å². The van der Waals surface area contributed by atoms with Crippen molar-refractivity contribution >= 4 is 5.78 Å². The highest BCUT2D eigenvalue weighted by molar-refractivity contribution is 5.84. The molecule has 0 spiro atoms. The Kier molecular flexibility index (Phi) is 2.63. The molecule has 0 heterocycles. The van der Waals surface area contributed by atoms with Crippen LogP contribution in [-0.4, -0.2) is 26.3 Å². The number of hydrogen-bond donors (Lipinski definition) is 0. The molecule has 3 fully saturated rings. The van der Waals surface area contributed by atoms with Crippen LogP contribution in [0.4, 0.5) is 0 Å². The molecule has 0 aliphatic heterocycles. The quantitative estimate of drug-likeness (QED) is 0.670. The summed E-state index contributed by atoms with van der Waals surface area (Å²) in [4.78, 5) is 11.9. The molecule has 0 amide bonds. The Morgan fingerprint density at radius 2 is 1.93 bits per heavy atom. The average Bonchev–Trinajstić information content (AvgIpc) is 2.18. The van der Waals surface area contributed by atoms with E-state index in [2.05, 4.69) is 13.8 Å². The number of carbonyl (C=O) groups excluding carboxylic acids is 1. The lowest BCUT2D eigenvalue weighted by Crippen LogP contribution is -2.59. The predicted octanol–water partition coefficient (Wildman–Crippen LogP) is 1.86. The van der Waals surface area contributed by atoms with Gasteiger partial charge in [-0.3, -0.25) is 4.79 Å². The number of ketones is 1. The van der Waals surface area contributed by atoms with Gasteiger partial charge in [0.05, 0.1) is 0 Å². The highest BCUT2D eigenvalue weighted by Crippen LogP contribution is 2.60. The van der Waals surface area contributed by atoms with Crippen LogP contribution in [0.3, 0.4) is 0 Å². The van der Waals surface area contributed by atoms with Crippen molar-refractivity contribution in [2.24, 2.45) is 23.2 Å². The summed E-state index contributed by atoms with van der Waals surface area (Å²) >= 11 is 0. The summed E-state index contributed by atoms with van der Waals surface area (Å²) in [6.45, 7) is 4.39. The van der Waals surface area contributed by atoms with Gasteiger partial charge < -0.3 is 9.47 Å². The molecule has 3 rings (SSSR count). The van der Waals surface area contributed by atoms with Crippen molar-refractivity contribution in [2.45, 2.75) is 33.0 Å². The minimum absolute atomic E-state index is 0.148. The van der Waals surface area contributed by atoms with Gasteiger partial charge in [-0.15, -0.1) is 0 Å². The molecule has 0 radical (unpaired) electrons. The topological polar surface area (TPSA) is 35.5 Å². The van der Waals surface area contributed by atoms with Gasteiger partial charge in [-0.1, -0.05) is 13.8 Å². The first-order valence-electron chi connectivity index (χ1n) is 5.60. The number of carbonyl (C=O) groups is 1. The molecule has 2 bridgehead atoms. The molecule has 0 aromatic carbocycles. The lowest BCUT2D eigenvalue weighted by molar-refractivity contribution is -0.210. The van der Waals surface area contributed by atoms with Crippen LogP contribution in [0.25, 0.3) is 0 Å². The van der Waals surface area contributed by atoms with E-state index in [0.717, 1.165) is 6.42 Å². The Bertz CT molecular complexity index is 268. The second kappa shape index (κ2) is 3.56. The van der Waals surface area contributed by atoms with Gasteiger partial charge in [0.2, 0.25) is 0 Å². The minimum Gasteiger partial charge on any atom is -0.356 e. The Labute approximate surface area is 91.1 Å². The first kappa shape index (κ1) is 11.1. The van der Waals surface area contributed by atoms with E-state index in [0.29, 0.717) is 18.1 Å². The lowest BCUT2D eigenvalue weighted by Gasteiger charge is -2.59. The molecule has 3 atom stereocenters. The van der Waals surface area contributed by atoms with Crippen LogP contribution in [0, 0.1) is 23.2 Å². The molecule has 0 aromatic heterocycles. The summed E-state index contributed by atoms with van der Waals surface area (Å²) in [6.07, 6.45) is 1.43. The summed E-state index contributed by atoms with van der Waals surface area (Å²) < 4.78 is 10.6. The fourth-order valence-corrected chi connectivity index (χ4v) is 3.48. The summed E-state index contributed by atoms with van der Waals surface area (Å²) in [5, 5.41) is 0. The molecule has 0 N–H and O–H groups in total. The maximum Gasteiger partial charge on any atom is 0.160 e. The summed E-state index contributed by atoms with van der Waals surface area (Å²) in [7, 11) is 3.30. The molecule has 3 aliphatic rings. The monoisotopic (exact) mass is 212 g/mol. The molecular formula is C12H20O3. The zero-order valence-electron chi connectivity index (χ0n) is 9.95. The molecule has 15 heavy (non-hydrogen) atoms. The highest BCUT2D eigenvalue weighted by atomic mass is 16.7. The van der Waals surface area contributed by atoms with E-state index < -0.39 is 0 Å². The lowest BCUT2D eigenvalue weighted by atomic mass is 9.45. The number of rotatable bonds is 3. The van der Waals surface area contributed by atoms with E-state index in [1.165, 1.54) is 0 Å². The van der Waals surface area contributed by atoms with Crippen LogP contribution < -0.4 is 0 Å². The molecular weight excluding hydrogens is 192 g/mol. The van der Waals surface area contributed by atoms with Crippen molar-refractivity contribution < 1.29 is 14.3 Å². The third-order valence-corrected chi connectivity index (χ3v) is 4.50. The molecule has 3 aliphatic carbocycles. The van der Waals surface area contributed by atoms with Gasteiger partial charge >= 0.3 is 0 Å². The number of ether oxygens (including phenoxy) is 2. The van der Waals surface area contributed by atoms with E-state index in [4.69, 9.17) is 9.47 Å². The van der Waals surface area contributed by atoms with Crippen LogP contribution >= 0.6 is 0 Å². The standard InChI is InChI=1S/C12H20O3/c1-12(2)8-6-9(12)10(13)5-7(8)11(14-3)15-4/h7-9,11H,5-6H2,1-4H3/t7-,8-,9+/m1/s1. The van der Waals surface area contributed by atoms with E-state index in [1.54, 1.807) is 14.2 Å². The van der Waals surface area contributed by atoms with Crippen LogP contribution in [-0.2, 0) is 14.3 Å². The minimum atomic E-state index is -0.223.